The average Bonchev–Trinajstić information content (AvgIpc) is 2.35. The van der Waals surface area contributed by atoms with Gasteiger partial charge in [-0.15, -0.1) is 0 Å². The topological polar surface area (TPSA) is 95.5 Å². The molecule has 0 aromatic rings. The zero-order chi connectivity index (χ0) is 13.4. The summed E-state index contributed by atoms with van der Waals surface area (Å²) in [6.45, 7) is 0.557. The van der Waals surface area contributed by atoms with Crippen LogP contribution in [0.1, 0.15) is 32.1 Å². The predicted molar refractivity (Wildman–Crippen MR) is 64.9 cm³/mol. The average molecular weight is 254 g/mol. The van der Waals surface area contributed by atoms with E-state index in [9.17, 15) is 14.4 Å². The lowest BCUT2D eigenvalue weighted by Gasteiger charge is -2.21. The molecule has 1 aliphatic carbocycles. The molecular formula is C12H18N2O4. The molecule has 1 saturated carbocycles. The number of aliphatic carboxylic acids is 1. The molecule has 3 amide bonds. The smallest absolute Gasteiger partial charge is 0.328 e. The Bertz CT molecular complexity index is 346. The first-order valence-electron chi connectivity index (χ1n) is 6.07. The van der Waals surface area contributed by atoms with Crippen LogP contribution in [0.2, 0.25) is 0 Å². The molecule has 0 bridgehead atoms. The van der Waals surface area contributed by atoms with E-state index < -0.39 is 17.9 Å². The zero-order valence-electron chi connectivity index (χ0n) is 10.1. The van der Waals surface area contributed by atoms with E-state index in [1.807, 2.05) is 5.32 Å². The van der Waals surface area contributed by atoms with Gasteiger partial charge in [0.05, 0.1) is 0 Å². The normalized spacial score (nSPS) is 16.4. The molecule has 0 heterocycles. The van der Waals surface area contributed by atoms with E-state index in [1.54, 1.807) is 0 Å². The molecule has 18 heavy (non-hydrogen) atoms. The number of hydrogen-bond donors (Lipinski definition) is 3. The van der Waals surface area contributed by atoms with Crippen LogP contribution in [0, 0.1) is 5.92 Å². The van der Waals surface area contributed by atoms with Gasteiger partial charge >= 0.3 is 12.0 Å². The number of amides is 3. The Morgan fingerprint density at radius 3 is 2.39 bits per heavy atom. The number of carboxylic acids is 1. The van der Waals surface area contributed by atoms with Crippen molar-refractivity contribution in [1.82, 2.24) is 10.6 Å². The van der Waals surface area contributed by atoms with E-state index in [4.69, 9.17) is 5.11 Å². The molecule has 6 nitrogen and oxygen atoms in total. The van der Waals surface area contributed by atoms with Crippen LogP contribution in [0.15, 0.2) is 12.2 Å². The molecule has 3 N–H and O–H groups in total. The van der Waals surface area contributed by atoms with Gasteiger partial charge in [-0.2, -0.15) is 0 Å². The zero-order valence-corrected chi connectivity index (χ0v) is 10.1. The highest BCUT2D eigenvalue weighted by Crippen LogP contribution is 2.22. The first kappa shape index (κ1) is 14.2. The van der Waals surface area contributed by atoms with E-state index in [-0.39, 0.29) is 0 Å². The highest BCUT2D eigenvalue weighted by Gasteiger charge is 2.14. The van der Waals surface area contributed by atoms with Crippen molar-refractivity contribution in [2.24, 2.45) is 5.92 Å². The van der Waals surface area contributed by atoms with Crippen molar-refractivity contribution in [3.8, 4) is 0 Å². The molecular weight excluding hydrogens is 236 g/mol. The third-order valence-corrected chi connectivity index (χ3v) is 2.89. The highest BCUT2D eigenvalue weighted by molar-refractivity contribution is 6.02. The fraction of sp³-hybridized carbons (Fsp3) is 0.583. The first-order valence-corrected chi connectivity index (χ1v) is 6.07. The SMILES string of the molecule is O=C(O)/C=C/C(=O)NC(=O)NCC1CCCCC1. The Balaban J connectivity index is 2.20. The van der Waals surface area contributed by atoms with Crippen molar-refractivity contribution in [3.63, 3.8) is 0 Å². The van der Waals surface area contributed by atoms with Crippen LogP contribution in [-0.4, -0.2) is 29.6 Å². The summed E-state index contributed by atoms with van der Waals surface area (Å²) in [5.41, 5.74) is 0. The summed E-state index contributed by atoms with van der Waals surface area (Å²) in [6.07, 6.45) is 7.33. The van der Waals surface area contributed by atoms with Gasteiger partial charge in [0, 0.05) is 18.7 Å². The lowest BCUT2D eigenvalue weighted by Crippen LogP contribution is -2.41. The third-order valence-electron chi connectivity index (χ3n) is 2.89. The molecule has 1 rings (SSSR count). The molecule has 0 spiro atoms. The van der Waals surface area contributed by atoms with Crippen LogP contribution in [0.5, 0.6) is 0 Å². The Kier molecular flexibility index (Phi) is 5.90. The van der Waals surface area contributed by atoms with Crippen LogP contribution in [0.4, 0.5) is 4.79 Å². The lowest BCUT2D eigenvalue weighted by atomic mass is 9.89. The monoisotopic (exact) mass is 254 g/mol. The van der Waals surface area contributed by atoms with Gasteiger partial charge in [0.25, 0.3) is 5.91 Å². The molecule has 0 aromatic heterocycles. The molecule has 0 aromatic carbocycles. The van der Waals surface area contributed by atoms with Crippen molar-refractivity contribution in [2.75, 3.05) is 6.54 Å². The summed E-state index contributed by atoms with van der Waals surface area (Å²) in [7, 11) is 0. The van der Waals surface area contributed by atoms with E-state index in [2.05, 4.69) is 5.32 Å². The van der Waals surface area contributed by atoms with Gasteiger partial charge in [0.2, 0.25) is 0 Å². The number of urea groups is 1. The Labute approximate surface area is 105 Å². The Morgan fingerprint density at radius 1 is 1.11 bits per heavy atom. The van der Waals surface area contributed by atoms with Crippen LogP contribution in [0.25, 0.3) is 0 Å². The minimum Gasteiger partial charge on any atom is -0.478 e. The van der Waals surface area contributed by atoms with Gasteiger partial charge in [0.1, 0.15) is 0 Å². The van der Waals surface area contributed by atoms with E-state index in [0.29, 0.717) is 18.5 Å². The number of imide groups is 1. The maximum absolute atomic E-state index is 11.3. The van der Waals surface area contributed by atoms with Crippen LogP contribution in [-0.2, 0) is 9.59 Å². The number of hydrogen-bond acceptors (Lipinski definition) is 3. The molecule has 0 unspecified atom stereocenters. The summed E-state index contributed by atoms with van der Waals surface area (Å²) in [5.74, 6) is -1.49. The number of carboxylic acid groups (broad SMARTS) is 1. The largest absolute Gasteiger partial charge is 0.478 e. The third kappa shape index (κ3) is 6.03. The molecule has 0 radical (unpaired) electrons. The van der Waals surface area contributed by atoms with Crippen molar-refractivity contribution in [2.45, 2.75) is 32.1 Å². The van der Waals surface area contributed by atoms with Crippen molar-refractivity contribution in [3.05, 3.63) is 12.2 Å². The van der Waals surface area contributed by atoms with Gasteiger partial charge < -0.3 is 10.4 Å². The van der Waals surface area contributed by atoms with Crippen LogP contribution in [0.3, 0.4) is 0 Å². The fourth-order valence-electron chi connectivity index (χ4n) is 1.97. The highest BCUT2D eigenvalue weighted by atomic mass is 16.4. The minimum absolute atomic E-state index is 0.481. The van der Waals surface area contributed by atoms with Gasteiger partial charge in [-0.3, -0.25) is 10.1 Å². The Morgan fingerprint density at radius 2 is 1.78 bits per heavy atom. The first-order chi connectivity index (χ1) is 8.58. The summed E-state index contributed by atoms with van der Waals surface area (Å²) in [4.78, 5) is 32.6. The second-order valence-corrected chi connectivity index (χ2v) is 4.37. The molecule has 0 atom stereocenters. The van der Waals surface area contributed by atoms with E-state index in [1.165, 1.54) is 19.3 Å². The molecule has 1 aliphatic rings. The quantitative estimate of drug-likeness (QED) is 0.653. The summed E-state index contributed by atoms with van der Waals surface area (Å²) in [6, 6.07) is -0.583. The summed E-state index contributed by atoms with van der Waals surface area (Å²) in [5, 5.41) is 13.0. The number of rotatable bonds is 4. The van der Waals surface area contributed by atoms with Gasteiger partial charge in [-0.1, -0.05) is 19.3 Å². The van der Waals surface area contributed by atoms with E-state index >= 15 is 0 Å². The van der Waals surface area contributed by atoms with Gasteiger partial charge in [0.15, 0.2) is 0 Å². The molecule has 1 fully saturated rings. The van der Waals surface area contributed by atoms with Gasteiger partial charge in [-0.05, 0) is 18.8 Å². The van der Waals surface area contributed by atoms with Crippen molar-refractivity contribution >= 4 is 17.9 Å². The standard InChI is InChI=1S/C12H18N2O4/c15-10(6-7-11(16)17)14-12(18)13-8-9-4-2-1-3-5-9/h6-7,9H,1-5,8H2,(H,16,17)(H2,13,14,15,18)/b7-6+. The Hall–Kier alpha value is -1.85. The van der Waals surface area contributed by atoms with Crippen molar-refractivity contribution < 1.29 is 19.5 Å². The maximum Gasteiger partial charge on any atom is 0.328 e. The fourth-order valence-corrected chi connectivity index (χ4v) is 1.97. The second kappa shape index (κ2) is 7.47. The molecule has 0 saturated heterocycles. The molecule has 0 aliphatic heterocycles. The van der Waals surface area contributed by atoms with E-state index in [0.717, 1.165) is 18.9 Å². The number of carbonyl (C=O) groups excluding carboxylic acids is 2. The summed E-state index contributed by atoms with van der Waals surface area (Å²) < 4.78 is 0. The second-order valence-electron chi connectivity index (χ2n) is 4.37. The molecule has 100 valence electrons. The van der Waals surface area contributed by atoms with Crippen molar-refractivity contribution in [1.29, 1.82) is 0 Å². The minimum atomic E-state index is -1.23. The summed E-state index contributed by atoms with van der Waals surface area (Å²) >= 11 is 0. The van der Waals surface area contributed by atoms with Crippen LogP contribution < -0.4 is 10.6 Å². The maximum atomic E-state index is 11.3. The molecule has 6 heteroatoms. The lowest BCUT2D eigenvalue weighted by molar-refractivity contribution is -0.131. The van der Waals surface area contributed by atoms with Crippen LogP contribution >= 0.6 is 0 Å². The predicted octanol–water partition coefficient (Wildman–Crippen LogP) is 1.03. The van der Waals surface area contributed by atoms with Gasteiger partial charge in [-0.25, -0.2) is 9.59 Å². The number of nitrogens with one attached hydrogen (secondary N) is 2. The number of carbonyl (C=O) groups is 3.